The van der Waals surface area contributed by atoms with E-state index in [0.29, 0.717) is 35.3 Å². The lowest BCUT2D eigenvalue weighted by Gasteiger charge is -2.40. The number of hydrogen-bond acceptors (Lipinski definition) is 2. The monoisotopic (exact) mass is 654 g/mol. The molecule has 47 heavy (non-hydrogen) atoms. The molecule has 5 rings (SSSR count). The lowest BCUT2D eigenvalue weighted by Crippen LogP contribution is -2.50. The zero-order valence-electron chi connectivity index (χ0n) is 28.8. The summed E-state index contributed by atoms with van der Waals surface area (Å²) in [4.78, 5) is 15.0. The van der Waals surface area contributed by atoms with E-state index in [-0.39, 0.29) is 11.8 Å². The summed E-state index contributed by atoms with van der Waals surface area (Å²) in [6.45, 7) is 18.9. The highest BCUT2D eigenvalue weighted by molar-refractivity contribution is 6.33. The Hall–Kier alpha value is -4.03. The topological polar surface area (TPSA) is 31.2 Å². The van der Waals surface area contributed by atoms with Crippen molar-refractivity contribution in [2.75, 3.05) is 19.8 Å². The SMILES string of the molecule is Cc1cc(C)c(N=C(c2cc(F)cc(F)c2)N2CCCN(C(=Nc3c(C(C)C)cccc3C(C)C)c3c(C)cccc3C)C2)c(Cl)c1. The van der Waals surface area contributed by atoms with Crippen molar-refractivity contribution in [2.24, 2.45) is 9.98 Å². The van der Waals surface area contributed by atoms with Crippen molar-refractivity contribution in [2.45, 2.75) is 73.6 Å². The second-order valence-corrected chi connectivity index (χ2v) is 13.7. The molecule has 1 aliphatic heterocycles. The maximum absolute atomic E-state index is 14.7. The molecule has 0 unspecified atom stereocenters. The summed E-state index contributed by atoms with van der Waals surface area (Å²) < 4.78 is 29.4. The fourth-order valence-electron chi connectivity index (χ4n) is 6.50. The van der Waals surface area contributed by atoms with E-state index < -0.39 is 11.6 Å². The van der Waals surface area contributed by atoms with E-state index in [1.165, 1.54) is 23.3 Å². The van der Waals surface area contributed by atoms with Gasteiger partial charge in [0.15, 0.2) is 0 Å². The van der Waals surface area contributed by atoms with E-state index >= 15 is 0 Å². The van der Waals surface area contributed by atoms with Crippen LogP contribution in [0.3, 0.4) is 0 Å². The minimum atomic E-state index is -0.655. The number of halogens is 3. The van der Waals surface area contributed by atoms with Gasteiger partial charge in [-0.25, -0.2) is 18.8 Å². The number of benzene rings is 4. The molecule has 1 aliphatic rings. The molecule has 1 heterocycles. The van der Waals surface area contributed by atoms with E-state index in [2.05, 4.69) is 87.7 Å². The summed E-state index contributed by atoms with van der Waals surface area (Å²) in [5.74, 6) is 0.611. The normalized spacial score (nSPS) is 14.5. The molecule has 1 saturated heterocycles. The van der Waals surface area contributed by atoms with Crippen molar-refractivity contribution in [3.63, 3.8) is 0 Å². The fourth-order valence-corrected chi connectivity index (χ4v) is 6.86. The fraction of sp³-hybridized carbons (Fsp3) is 0.350. The Bertz CT molecular complexity index is 1750. The molecular weight excluding hydrogens is 610 g/mol. The van der Waals surface area contributed by atoms with Crippen LogP contribution in [0, 0.1) is 39.3 Å². The Morgan fingerprint density at radius 1 is 0.681 bits per heavy atom. The molecule has 0 aliphatic carbocycles. The average Bonchev–Trinajstić information content (AvgIpc) is 2.99. The summed E-state index contributed by atoms with van der Waals surface area (Å²) in [5.41, 5.74) is 9.64. The quantitative estimate of drug-likeness (QED) is 0.153. The first kappa shape index (κ1) is 34.3. The van der Waals surface area contributed by atoms with Crippen LogP contribution in [-0.2, 0) is 0 Å². The molecule has 4 aromatic carbocycles. The van der Waals surface area contributed by atoms with Gasteiger partial charge >= 0.3 is 0 Å². The van der Waals surface area contributed by atoms with Gasteiger partial charge in [-0.3, -0.25) is 0 Å². The molecule has 0 aromatic heterocycles. The third-order valence-electron chi connectivity index (χ3n) is 8.80. The lowest BCUT2D eigenvalue weighted by atomic mass is 9.92. The predicted molar refractivity (Wildman–Crippen MR) is 193 cm³/mol. The van der Waals surface area contributed by atoms with Gasteiger partial charge in [0.2, 0.25) is 0 Å². The second-order valence-electron chi connectivity index (χ2n) is 13.3. The highest BCUT2D eigenvalue weighted by Crippen LogP contribution is 2.37. The molecule has 0 spiro atoms. The van der Waals surface area contributed by atoms with Crippen molar-refractivity contribution in [1.82, 2.24) is 9.80 Å². The van der Waals surface area contributed by atoms with Crippen LogP contribution in [0.4, 0.5) is 20.2 Å². The van der Waals surface area contributed by atoms with Crippen LogP contribution in [0.25, 0.3) is 0 Å². The van der Waals surface area contributed by atoms with Crippen molar-refractivity contribution in [3.05, 3.63) is 128 Å². The first-order chi connectivity index (χ1) is 22.3. The Morgan fingerprint density at radius 3 is 1.77 bits per heavy atom. The number of aliphatic imine (C=N–C) groups is 2. The molecule has 0 saturated carbocycles. The van der Waals surface area contributed by atoms with Crippen molar-refractivity contribution in [1.29, 1.82) is 0 Å². The Morgan fingerprint density at radius 2 is 1.21 bits per heavy atom. The molecule has 0 N–H and O–H groups in total. The van der Waals surface area contributed by atoms with Gasteiger partial charge in [0.1, 0.15) is 23.3 Å². The number of aryl methyl sites for hydroxylation is 4. The number of amidine groups is 2. The average molecular weight is 655 g/mol. The van der Waals surface area contributed by atoms with Crippen LogP contribution in [-0.4, -0.2) is 41.2 Å². The molecule has 0 radical (unpaired) electrons. The standard InChI is InChI=1S/C40H45ClF2N4/c1-24(2)33-14-10-15-34(25(3)4)38(33)45-40(36-27(6)12-9-13-28(36)7)47-17-11-16-46(23-47)39(30-20-31(42)22-32(43)21-30)44-37-29(8)18-26(5)19-35(37)41/h9-10,12-15,18-22,24-25H,11,16-17,23H2,1-8H3. The first-order valence-corrected chi connectivity index (χ1v) is 16.8. The van der Waals surface area contributed by atoms with E-state index in [0.717, 1.165) is 58.4 Å². The number of para-hydroxylation sites is 1. The summed E-state index contributed by atoms with van der Waals surface area (Å²) in [7, 11) is 0. The van der Waals surface area contributed by atoms with Gasteiger partial charge in [0, 0.05) is 30.3 Å². The summed E-state index contributed by atoms with van der Waals surface area (Å²) >= 11 is 6.73. The van der Waals surface area contributed by atoms with Crippen molar-refractivity contribution < 1.29 is 8.78 Å². The van der Waals surface area contributed by atoms with Crippen LogP contribution in [0.15, 0.2) is 76.7 Å². The largest absolute Gasteiger partial charge is 0.338 e. The minimum Gasteiger partial charge on any atom is -0.338 e. The summed E-state index contributed by atoms with van der Waals surface area (Å²) in [6.07, 6.45) is 0.796. The van der Waals surface area contributed by atoms with Crippen LogP contribution in [0.5, 0.6) is 0 Å². The third kappa shape index (κ3) is 7.59. The highest BCUT2D eigenvalue weighted by atomic mass is 35.5. The molecular formula is C40H45ClF2N4. The van der Waals surface area contributed by atoms with Gasteiger partial charge in [0.25, 0.3) is 0 Å². The molecule has 4 aromatic rings. The van der Waals surface area contributed by atoms with Crippen LogP contribution >= 0.6 is 11.6 Å². The smallest absolute Gasteiger partial charge is 0.138 e. The van der Waals surface area contributed by atoms with Gasteiger partial charge in [0.05, 0.1) is 23.1 Å². The zero-order valence-corrected chi connectivity index (χ0v) is 29.5. The Kier molecular flexibility index (Phi) is 10.5. The summed E-state index contributed by atoms with van der Waals surface area (Å²) in [6, 6.07) is 20.3. The predicted octanol–water partition coefficient (Wildman–Crippen LogP) is 10.9. The zero-order chi connectivity index (χ0) is 34.0. The molecule has 4 nitrogen and oxygen atoms in total. The minimum absolute atomic E-state index is 0.286. The van der Waals surface area contributed by atoms with E-state index in [1.54, 1.807) is 0 Å². The van der Waals surface area contributed by atoms with Gasteiger partial charge in [-0.05, 0) is 97.5 Å². The molecule has 0 atom stereocenters. The van der Waals surface area contributed by atoms with E-state index in [1.807, 2.05) is 26.0 Å². The van der Waals surface area contributed by atoms with Crippen LogP contribution in [0.2, 0.25) is 5.02 Å². The molecule has 0 amide bonds. The molecule has 7 heteroatoms. The summed E-state index contributed by atoms with van der Waals surface area (Å²) in [5, 5.41) is 0.495. The Labute approximate surface area is 283 Å². The third-order valence-corrected chi connectivity index (χ3v) is 9.09. The maximum atomic E-state index is 14.7. The number of nitrogens with zero attached hydrogens (tertiary/aromatic N) is 4. The van der Waals surface area contributed by atoms with Gasteiger partial charge in [-0.15, -0.1) is 0 Å². The van der Waals surface area contributed by atoms with Gasteiger partial charge < -0.3 is 9.80 Å². The highest BCUT2D eigenvalue weighted by Gasteiger charge is 2.28. The van der Waals surface area contributed by atoms with Crippen LogP contribution in [0.1, 0.15) is 90.5 Å². The molecule has 1 fully saturated rings. The van der Waals surface area contributed by atoms with Gasteiger partial charge in [-0.1, -0.05) is 81.8 Å². The van der Waals surface area contributed by atoms with Crippen molar-refractivity contribution >= 4 is 34.6 Å². The second kappa shape index (κ2) is 14.4. The maximum Gasteiger partial charge on any atom is 0.138 e. The lowest BCUT2D eigenvalue weighted by molar-refractivity contribution is 0.214. The van der Waals surface area contributed by atoms with Gasteiger partial charge in [-0.2, -0.15) is 0 Å². The van der Waals surface area contributed by atoms with Crippen LogP contribution < -0.4 is 0 Å². The molecule has 0 bridgehead atoms. The first-order valence-electron chi connectivity index (χ1n) is 16.4. The Balaban J connectivity index is 1.70. The van der Waals surface area contributed by atoms with E-state index in [9.17, 15) is 8.78 Å². The van der Waals surface area contributed by atoms with E-state index in [4.69, 9.17) is 21.6 Å². The number of rotatable bonds is 6. The molecule has 246 valence electrons. The number of hydrogen-bond donors (Lipinski definition) is 0. The van der Waals surface area contributed by atoms with Crippen molar-refractivity contribution in [3.8, 4) is 0 Å².